The Bertz CT molecular complexity index is 733. The van der Waals surface area contributed by atoms with Gasteiger partial charge in [0.2, 0.25) is 5.75 Å². The lowest BCUT2D eigenvalue weighted by Gasteiger charge is -2.09. The molecule has 5 nitrogen and oxygen atoms in total. The predicted octanol–water partition coefficient (Wildman–Crippen LogP) is 4.49. The van der Waals surface area contributed by atoms with Crippen LogP contribution < -0.4 is 4.74 Å². The molecule has 0 saturated carbocycles. The molecule has 0 bridgehead atoms. The lowest BCUT2D eigenvalue weighted by atomic mass is 10.1. The van der Waals surface area contributed by atoms with Crippen LogP contribution in [0.5, 0.6) is 11.5 Å². The van der Waals surface area contributed by atoms with Gasteiger partial charge in [-0.15, -0.1) is 0 Å². The number of nitro benzene ring substituents is 1. The number of rotatable bonds is 4. The van der Waals surface area contributed by atoms with E-state index in [1.807, 2.05) is 0 Å². The molecule has 2 aromatic rings. The number of Topliss-reactive ketones (excluding diaryl/α,β-unsaturated/α-hetero) is 1. The van der Waals surface area contributed by atoms with Gasteiger partial charge in [0, 0.05) is 11.6 Å². The van der Waals surface area contributed by atoms with Gasteiger partial charge in [-0.2, -0.15) is 0 Å². The molecule has 0 aliphatic rings. The second-order valence-electron chi connectivity index (χ2n) is 4.15. The number of ketones is 1. The third-order valence-corrected chi connectivity index (χ3v) is 3.32. The third-order valence-electron chi connectivity index (χ3n) is 2.69. The van der Waals surface area contributed by atoms with Crippen molar-refractivity contribution in [1.29, 1.82) is 0 Å². The molecule has 0 unspecified atom stereocenters. The minimum Gasteiger partial charge on any atom is -0.446 e. The summed E-state index contributed by atoms with van der Waals surface area (Å²) in [5.41, 5.74) is -0.0964. The van der Waals surface area contributed by atoms with Crippen LogP contribution in [0.1, 0.15) is 17.3 Å². The van der Waals surface area contributed by atoms with Crippen LogP contribution in [0.2, 0.25) is 0 Å². The molecule has 7 heteroatoms. The highest BCUT2D eigenvalue weighted by molar-refractivity contribution is 9.10. The molecule has 0 spiro atoms. The predicted molar refractivity (Wildman–Crippen MR) is 77.3 cm³/mol. The van der Waals surface area contributed by atoms with Gasteiger partial charge in [0.25, 0.3) is 0 Å². The Hall–Kier alpha value is -2.28. The third kappa shape index (κ3) is 3.25. The molecule has 0 aromatic heterocycles. The fourth-order valence-electron chi connectivity index (χ4n) is 1.65. The fraction of sp³-hybridized carbons (Fsp3) is 0.0714. The molecule has 0 amide bonds. The standard InChI is InChI=1S/C14H9BrFNO4/c1-8(18)9-5-6-13(11(16)7-9)21-14-10(15)3-2-4-12(14)17(19)20/h2-7H,1H3. The molecule has 108 valence electrons. The Morgan fingerprint density at radius 3 is 2.62 bits per heavy atom. The first kappa shape index (κ1) is 15.1. The molecule has 0 radical (unpaired) electrons. The highest BCUT2D eigenvalue weighted by atomic mass is 79.9. The van der Waals surface area contributed by atoms with E-state index in [1.54, 1.807) is 6.07 Å². The Morgan fingerprint density at radius 1 is 1.33 bits per heavy atom. The average Bonchev–Trinajstić information content (AvgIpc) is 2.42. The van der Waals surface area contributed by atoms with Crippen LogP contribution in [0.25, 0.3) is 0 Å². The van der Waals surface area contributed by atoms with Gasteiger partial charge < -0.3 is 4.74 Å². The van der Waals surface area contributed by atoms with Crippen molar-refractivity contribution in [3.8, 4) is 11.5 Å². The van der Waals surface area contributed by atoms with Crippen molar-refractivity contribution in [3.63, 3.8) is 0 Å². The van der Waals surface area contributed by atoms with Crippen LogP contribution in [0.3, 0.4) is 0 Å². The number of nitrogens with zero attached hydrogens (tertiary/aromatic N) is 1. The summed E-state index contributed by atoms with van der Waals surface area (Å²) in [5.74, 6) is -1.35. The van der Waals surface area contributed by atoms with Crippen molar-refractivity contribution in [2.45, 2.75) is 6.92 Å². The normalized spacial score (nSPS) is 10.2. The van der Waals surface area contributed by atoms with Gasteiger partial charge in [-0.25, -0.2) is 4.39 Å². The number of benzene rings is 2. The molecular formula is C14H9BrFNO4. The summed E-state index contributed by atoms with van der Waals surface area (Å²) in [6.45, 7) is 1.31. The van der Waals surface area contributed by atoms with Crippen molar-refractivity contribution in [2.24, 2.45) is 0 Å². The Balaban J connectivity index is 2.44. The van der Waals surface area contributed by atoms with Gasteiger partial charge in [-0.1, -0.05) is 6.07 Å². The highest BCUT2D eigenvalue weighted by Gasteiger charge is 2.20. The zero-order valence-corrected chi connectivity index (χ0v) is 12.4. The van der Waals surface area contributed by atoms with Gasteiger partial charge >= 0.3 is 5.69 Å². The molecule has 0 heterocycles. The maximum atomic E-state index is 13.9. The van der Waals surface area contributed by atoms with Gasteiger partial charge in [0.15, 0.2) is 17.3 Å². The summed E-state index contributed by atoms with van der Waals surface area (Å²) in [7, 11) is 0. The summed E-state index contributed by atoms with van der Waals surface area (Å²) in [4.78, 5) is 21.5. The van der Waals surface area contributed by atoms with Crippen LogP contribution in [0, 0.1) is 15.9 Å². The van der Waals surface area contributed by atoms with Gasteiger partial charge in [0.05, 0.1) is 9.40 Å². The lowest BCUT2D eigenvalue weighted by Crippen LogP contribution is -1.98. The number of para-hydroxylation sites is 1. The Morgan fingerprint density at radius 2 is 2.05 bits per heavy atom. The molecule has 0 aliphatic heterocycles. The monoisotopic (exact) mass is 353 g/mol. The summed E-state index contributed by atoms with van der Waals surface area (Å²) in [6.07, 6.45) is 0. The second kappa shape index (κ2) is 6.01. The van der Waals surface area contributed by atoms with Crippen molar-refractivity contribution in [3.05, 3.63) is 62.4 Å². The summed E-state index contributed by atoms with van der Waals surface area (Å²) >= 11 is 3.13. The van der Waals surface area contributed by atoms with E-state index in [0.29, 0.717) is 4.47 Å². The minimum atomic E-state index is -0.771. The molecule has 2 rings (SSSR count). The SMILES string of the molecule is CC(=O)c1ccc(Oc2c(Br)cccc2[N+](=O)[O-])c(F)c1. The minimum absolute atomic E-state index is 0.100. The van der Waals surface area contributed by atoms with E-state index in [0.717, 1.165) is 6.07 Å². The maximum Gasteiger partial charge on any atom is 0.312 e. The Kier molecular flexibility index (Phi) is 4.32. The number of ether oxygens (including phenoxy) is 1. The van der Waals surface area contributed by atoms with E-state index in [2.05, 4.69) is 15.9 Å². The second-order valence-corrected chi connectivity index (χ2v) is 5.00. The van der Waals surface area contributed by atoms with E-state index in [1.165, 1.54) is 31.2 Å². The van der Waals surface area contributed by atoms with E-state index in [9.17, 15) is 19.3 Å². The number of carbonyl (C=O) groups excluding carboxylic acids is 1. The molecule has 21 heavy (non-hydrogen) atoms. The van der Waals surface area contributed by atoms with Crippen molar-refractivity contribution in [2.75, 3.05) is 0 Å². The number of carbonyl (C=O) groups is 1. The number of hydrogen-bond acceptors (Lipinski definition) is 4. The van der Waals surface area contributed by atoms with Crippen LogP contribution in [0.4, 0.5) is 10.1 Å². The molecule has 0 N–H and O–H groups in total. The number of halogens is 2. The van der Waals surface area contributed by atoms with E-state index >= 15 is 0 Å². The average molecular weight is 354 g/mol. The maximum absolute atomic E-state index is 13.9. The topological polar surface area (TPSA) is 69.4 Å². The van der Waals surface area contributed by atoms with Crippen LogP contribution in [0.15, 0.2) is 40.9 Å². The summed E-state index contributed by atoms with van der Waals surface area (Å²) in [6, 6.07) is 7.95. The largest absolute Gasteiger partial charge is 0.446 e. The highest BCUT2D eigenvalue weighted by Crippen LogP contribution is 2.38. The number of hydrogen-bond donors (Lipinski definition) is 0. The molecule has 2 aromatic carbocycles. The first-order chi connectivity index (χ1) is 9.90. The summed E-state index contributed by atoms with van der Waals surface area (Å²) < 4.78 is 19.5. The lowest BCUT2D eigenvalue weighted by molar-refractivity contribution is -0.385. The smallest absolute Gasteiger partial charge is 0.312 e. The van der Waals surface area contributed by atoms with Gasteiger partial charge in [-0.3, -0.25) is 14.9 Å². The molecule has 0 fully saturated rings. The van der Waals surface area contributed by atoms with Crippen molar-refractivity contribution in [1.82, 2.24) is 0 Å². The zero-order chi connectivity index (χ0) is 15.6. The first-order valence-electron chi connectivity index (χ1n) is 5.81. The molecule has 0 aliphatic carbocycles. The fourth-order valence-corrected chi connectivity index (χ4v) is 2.09. The van der Waals surface area contributed by atoms with Crippen LogP contribution in [-0.2, 0) is 0 Å². The van der Waals surface area contributed by atoms with E-state index in [-0.39, 0.29) is 28.5 Å². The molecular weight excluding hydrogens is 345 g/mol. The van der Waals surface area contributed by atoms with Crippen LogP contribution >= 0.6 is 15.9 Å². The number of nitro groups is 1. The molecule has 0 saturated heterocycles. The van der Waals surface area contributed by atoms with E-state index < -0.39 is 10.7 Å². The van der Waals surface area contributed by atoms with Crippen molar-refractivity contribution < 1.29 is 18.8 Å². The van der Waals surface area contributed by atoms with Crippen LogP contribution in [-0.4, -0.2) is 10.7 Å². The Labute approximate surface area is 127 Å². The first-order valence-corrected chi connectivity index (χ1v) is 6.60. The molecule has 0 atom stereocenters. The van der Waals surface area contributed by atoms with Gasteiger partial charge in [-0.05, 0) is 47.1 Å². The van der Waals surface area contributed by atoms with Crippen molar-refractivity contribution >= 4 is 27.4 Å². The quantitative estimate of drug-likeness (QED) is 0.461. The summed E-state index contributed by atoms with van der Waals surface area (Å²) in [5, 5.41) is 11.0. The zero-order valence-electron chi connectivity index (χ0n) is 10.8. The van der Waals surface area contributed by atoms with E-state index in [4.69, 9.17) is 4.74 Å². The van der Waals surface area contributed by atoms with Gasteiger partial charge in [0.1, 0.15) is 0 Å².